The number of carbonyl (C=O) groups excluding carboxylic acids is 1. The minimum Gasteiger partial charge on any atom is -0.387 e. The van der Waals surface area contributed by atoms with Gasteiger partial charge in [-0.1, -0.05) is 54.6 Å². The second-order valence-corrected chi connectivity index (χ2v) is 9.26. The van der Waals surface area contributed by atoms with Gasteiger partial charge in [0, 0.05) is 6.54 Å². The van der Waals surface area contributed by atoms with E-state index in [2.05, 4.69) is 5.32 Å². The minimum absolute atomic E-state index is 0.0189. The summed E-state index contributed by atoms with van der Waals surface area (Å²) in [5.74, 6) is -0.506. The van der Waals surface area contributed by atoms with Crippen molar-refractivity contribution in [1.82, 2.24) is 5.32 Å². The number of benzene rings is 3. The van der Waals surface area contributed by atoms with Gasteiger partial charge in [-0.25, -0.2) is 8.42 Å². The number of amides is 1. The zero-order valence-corrected chi connectivity index (χ0v) is 18.3. The molecule has 0 fully saturated rings. The standard InChI is InChI=1S/C24H26N2O4S/c1-18-13-19(2)15-21(14-18)26(31(29,30)22-11-7-4-8-12-22)17-24(28)25-16-23(27)20-9-5-3-6-10-20/h3-15,23,27H,16-17H2,1-2H3,(H,25,28)/t23-/m1/s1. The molecular formula is C24H26N2O4S. The fourth-order valence-electron chi connectivity index (χ4n) is 3.32. The number of rotatable bonds is 8. The number of aliphatic hydroxyl groups is 1. The predicted octanol–water partition coefficient (Wildman–Crippen LogP) is 3.35. The van der Waals surface area contributed by atoms with Crippen molar-refractivity contribution in [1.29, 1.82) is 0 Å². The molecule has 6 nitrogen and oxygen atoms in total. The first-order chi connectivity index (χ1) is 14.8. The Labute approximate surface area is 183 Å². The van der Waals surface area contributed by atoms with Crippen LogP contribution >= 0.6 is 0 Å². The van der Waals surface area contributed by atoms with E-state index in [4.69, 9.17) is 0 Å². The summed E-state index contributed by atoms with van der Waals surface area (Å²) in [6.07, 6.45) is -0.884. The van der Waals surface area contributed by atoms with Crippen LogP contribution in [0.2, 0.25) is 0 Å². The third kappa shape index (κ3) is 5.71. The van der Waals surface area contributed by atoms with Crippen molar-refractivity contribution < 1.29 is 18.3 Å². The van der Waals surface area contributed by atoms with E-state index in [1.807, 2.05) is 26.0 Å². The number of nitrogens with zero attached hydrogens (tertiary/aromatic N) is 1. The molecule has 162 valence electrons. The molecule has 0 saturated heterocycles. The van der Waals surface area contributed by atoms with Crippen LogP contribution in [-0.4, -0.2) is 32.5 Å². The zero-order valence-electron chi connectivity index (χ0n) is 17.5. The normalized spacial score (nSPS) is 12.2. The topological polar surface area (TPSA) is 86.7 Å². The van der Waals surface area contributed by atoms with E-state index in [-0.39, 0.29) is 11.4 Å². The lowest BCUT2D eigenvalue weighted by atomic mass is 10.1. The molecule has 3 rings (SSSR count). The number of aryl methyl sites for hydroxylation is 2. The number of nitrogens with one attached hydrogen (secondary N) is 1. The molecule has 0 bridgehead atoms. The highest BCUT2D eigenvalue weighted by molar-refractivity contribution is 7.92. The van der Waals surface area contributed by atoms with E-state index >= 15 is 0 Å². The molecule has 3 aromatic carbocycles. The van der Waals surface area contributed by atoms with Gasteiger partial charge in [-0.15, -0.1) is 0 Å². The molecule has 1 amide bonds. The minimum atomic E-state index is -3.96. The smallest absolute Gasteiger partial charge is 0.264 e. The Balaban J connectivity index is 1.84. The summed E-state index contributed by atoms with van der Waals surface area (Å²) in [7, 11) is -3.96. The Morgan fingerprint density at radius 1 is 0.935 bits per heavy atom. The van der Waals surface area contributed by atoms with E-state index in [0.717, 1.165) is 15.4 Å². The molecule has 1 atom stereocenters. The van der Waals surface area contributed by atoms with Crippen molar-refractivity contribution in [2.75, 3.05) is 17.4 Å². The van der Waals surface area contributed by atoms with Crippen LogP contribution in [0.1, 0.15) is 22.8 Å². The van der Waals surface area contributed by atoms with Crippen molar-refractivity contribution in [3.8, 4) is 0 Å². The Kier molecular flexibility index (Phi) is 7.09. The maximum atomic E-state index is 13.3. The summed E-state index contributed by atoms with van der Waals surface area (Å²) in [4.78, 5) is 12.8. The summed E-state index contributed by atoms with van der Waals surface area (Å²) in [6.45, 7) is 3.33. The highest BCUT2D eigenvalue weighted by Crippen LogP contribution is 2.25. The van der Waals surface area contributed by atoms with Crippen LogP contribution in [0, 0.1) is 13.8 Å². The molecule has 0 spiro atoms. The molecule has 0 aliphatic heterocycles. The summed E-state index contributed by atoms with van der Waals surface area (Å²) in [5, 5.41) is 12.9. The van der Waals surface area contributed by atoms with E-state index in [1.54, 1.807) is 54.6 Å². The lowest BCUT2D eigenvalue weighted by Crippen LogP contribution is -2.42. The molecule has 31 heavy (non-hydrogen) atoms. The molecule has 0 aliphatic rings. The van der Waals surface area contributed by atoms with Crippen LogP contribution in [-0.2, 0) is 14.8 Å². The third-order valence-electron chi connectivity index (χ3n) is 4.79. The van der Waals surface area contributed by atoms with Crippen LogP contribution in [0.4, 0.5) is 5.69 Å². The second-order valence-electron chi connectivity index (χ2n) is 7.40. The molecule has 3 aromatic rings. The molecule has 0 heterocycles. The summed E-state index contributed by atoms with van der Waals surface area (Å²) in [5.41, 5.74) is 2.87. The predicted molar refractivity (Wildman–Crippen MR) is 121 cm³/mol. The molecule has 2 N–H and O–H groups in total. The van der Waals surface area contributed by atoms with E-state index in [9.17, 15) is 18.3 Å². The van der Waals surface area contributed by atoms with Gasteiger partial charge in [-0.3, -0.25) is 9.10 Å². The molecule has 0 radical (unpaired) electrons. The van der Waals surface area contributed by atoms with E-state index in [0.29, 0.717) is 11.3 Å². The maximum absolute atomic E-state index is 13.3. The quantitative estimate of drug-likeness (QED) is 0.565. The lowest BCUT2D eigenvalue weighted by molar-refractivity contribution is -0.120. The lowest BCUT2D eigenvalue weighted by Gasteiger charge is -2.25. The monoisotopic (exact) mass is 438 g/mol. The number of anilines is 1. The van der Waals surface area contributed by atoms with Crippen LogP contribution in [0.3, 0.4) is 0 Å². The first-order valence-corrected chi connectivity index (χ1v) is 11.4. The molecule has 0 saturated carbocycles. The van der Waals surface area contributed by atoms with Gasteiger partial charge in [0.15, 0.2) is 0 Å². The maximum Gasteiger partial charge on any atom is 0.264 e. The van der Waals surface area contributed by atoms with Crippen LogP contribution in [0.15, 0.2) is 83.8 Å². The number of hydrogen-bond acceptors (Lipinski definition) is 4. The summed E-state index contributed by atoms with van der Waals surface area (Å²) < 4.78 is 27.8. The van der Waals surface area contributed by atoms with Crippen molar-refractivity contribution in [2.24, 2.45) is 0 Å². The molecule has 0 unspecified atom stereocenters. The van der Waals surface area contributed by atoms with Crippen LogP contribution < -0.4 is 9.62 Å². The Morgan fingerprint density at radius 2 is 1.48 bits per heavy atom. The molecular weight excluding hydrogens is 412 g/mol. The summed E-state index contributed by atoms with van der Waals surface area (Å²) in [6, 6.07) is 22.4. The highest BCUT2D eigenvalue weighted by atomic mass is 32.2. The third-order valence-corrected chi connectivity index (χ3v) is 6.58. The zero-order chi connectivity index (χ0) is 22.4. The van der Waals surface area contributed by atoms with Gasteiger partial charge in [0.05, 0.1) is 16.7 Å². The van der Waals surface area contributed by atoms with Crippen molar-refractivity contribution in [2.45, 2.75) is 24.8 Å². The van der Waals surface area contributed by atoms with Gasteiger partial charge < -0.3 is 10.4 Å². The SMILES string of the molecule is Cc1cc(C)cc(N(CC(=O)NC[C@@H](O)c2ccccc2)S(=O)(=O)c2ccccc2)c1. The van der Waals surface area contributed by atoms with Crippen molar-refractivity contribution >= 4 is 21.6 Å². The second kappa shape index (κ2) is 9.76. The fraction of sp³-hybridized carbons (Fsp3) is 0.208. The first-order valence-electron chi connectivity index (χ1n) is 9.93. The Hall–Kier alpha value is -3.16. The molecule has 7 heteroatoms. The van der Waals surface area contributed by atoms with Crippen molar-refractivity contribution in [3.63, 3.8) is 0 Å². The average Bonchev–Trinajstić information content (AvgIpc) is 2.76. The number of aliphatic hydroxyl groups excluding tert-OH is 1. The van der Waals surface area contributed by atoms with Gasteiger partial charge in [-0.05, 0) is 54.8 Å². The number of sulfonamides is 1. The van der Waals surface area contributed by atoms with Gasteiger partial charge >= 0.3 is 0 Å². The van der Waals surface area contributed by atoms with Gasteiger partial charge in [0.1, 0.15) is 6.54 Å². The van der Waals surface area contributed by atoms with Gasteiger partial charge in [-0.2, -0.15) is 0 Å². The van der Waals surface area contributed by atoms with Gasteiger partial charge in [0.25, 0.3) is 10.0 Å². The number of carbonyl (C=O) groups is 1. The van der Waals surface area contributed by atoms with Crippen LogP contribution in [0.25, 0.3) is 0 Å². The average molecular weight is 439 g/mol. The van der Waals surface area contributed by atoms with E-state index in [1.165, 1.54) is 12.1 Å². The molecule has 0 aromatic heterocycles. The van der Waals surface area contributed by atoms with Crippen molar-refractivity contribution in [3.05, 3.63) is 95.6 Å². The fourth-order valence-corrected chi connectivity index (χ4v) is 4.74. The molecule has 0 aliphatic carbocycles. The largest absolute Gasteiger partial charge is 0.387 e. The number of hydrogen-bond donors (Lipinski definition) is 2. The van der Waals surface area contributed by atoms with Gasteiger partial charge in [0.2, 0.25) is 5.91 Å². The highest BCUT2D eigenvalue weighted by Gasteiger charge is 2.27. The Morgan fingerprint density at radius 3 is 2.06 bits per heavy atom. The first kappa shape index (κ1) is 22.5. The summed E-state index contributed by atoms with van der Waals surface area (Å²) >= 11 is 0. The van der Waals surface area contributed by atoms with E-state index < -0.39 is 28.6 Å². The van der Waals surface area contributed by atoms with Crippen LogP contribution in [0.5, 0.6) is 0 Å². The Bertz CT molecular complexity index is 1110.